The summed E-state index contributed by atoms with van der Waals surface area (Å²) >= 11 is 1.47. The zero-order chi connectivity index (χ0) is 16.2. The summed E-state index contributed by atoms with van der Waals surface area (Å²) in [5.74, 6) is 1.53. The Balaban J connectivity index is 1.90. The third kappa shape index (κ3) is 3.54. The fraction of sp³-hybridized carbons (Fsp3) is 0.500. The summed E-state index contributed by atoms with van der Waals surface area (Å²) in [7, 11) is 0. The summed E-state index contributed by atoms with van der Waals surface area (Å²) in [5.41, 5.74) is 0.421. The molecule has 23 heavy (non-hydrogen) atoms. The van der Waals surface area contributed by atoms with E-state index in [2.05, 4.69) is 45.0 Å². The van der Waals surface area contributed by atoms with E-state index in [0.717, 1.165) is 41.9 Å². The van der Waals surface area contributed by atoms with E-state index in [0.29, 0.717) is 11.6 Å². The van der Waals surface area contributed by atoms with Crippen molar-refractivity contribution in [2.45, 2.75) is 48.8 Å². The first-order valence-corrected chi connectivity index (χ1v) is 8.71. The number of nitrogens with zero attached hydrogens (tertiary/aromatic N) is 5. The molecule has 0 saturated carbocycles. The third-order valence-electron chi connectivity index (χ3n) is 3.95. The number of nitrogens with one attached hydrogen (secondary N) is 1. The molecule has 0 amide bonds. The van der Waals surface area contributed by atoms with Gasteiger partial charge in [-0.1, -0.05) is 6.07 Å². The lowest BCUT2D eigenvalue weighted by Gasteiger charge is -2.24. The summed E-state index contributed by atoms with van der Waals surface area (Å²) in [6.45, 7) is 6.36. The second-order valence-electron chi connectivity index (χ2n) is 5.90. The first-order valence-electron chi connectivity index (χ1n) is 7.89. The van der Waals surface area contributed by atoms with Crippen LogP contribution in [0.5, 0.6) is 0 Å². The van der Waals surface area contributed by atoms with Crippen molar-refractivity contribution in [2.75, 3.05) is 13.1 Å². The van der Waals surface area contributed by atoms with Gasteiger partial charge in [-0.05, 0) is 63.7 Å². The minimum atomic E-state index is 0.288. The Bertz CT molecular complexity index is 712. The van der Waals surface area contributed by atoms with E-state index in [4.69, 9.17) is 5.26 Å². The SMILES string of the molecule is CC(C)n1c(Sc2cccc(C#N)n2)nnc1C1CCNCC1. The third-order valence-corrected chi connectivity index (χ3v) is 4.84. The molecule has 0 radical (unpaired) electrons. The summed E-state index contributed by atoms with van der Waals surface area (Å²) in [6, 6.07) is 7.81. The van der Waals surface area contributed by atoms with E-state index in [1.807, 2.05) is 12.1 Å². The highest BCUT2D eigenvalue weighted by Crippen LogP contribution is 2.32. The van der Waals surface area contributed by atoms with Crippen LogP contribution in [-0.2, 0) is 0 Å². The van der Waals surface area contributed by atoms with Gasteiger partial charge in [-0.25, -0.2) is 4.98 Å². The van der Waals surface area contributed by atoms with Crippen LogP contribution in [0.25, 0.3) is 0 Å². The predicted molar refractivity (Wildman–Crippen MR) is 88.3 cm³/mol. The summed E-state index contributed by atoms with van der Waals surface area (Å²) in [5, 5.41) is 22.9. The van der Waals surface area contributed by atoms with Gasteiger partial charge in [0.25, 0.3) is 0 Å². The van der Waals surface area contributed by atoms with Crippen molar-refractivity contribution in [1.82, 2.24) is 25.1 Å². The first kappa shape index (κ1) is 16.0. The minimum absolute atomic E-state index is 0.288. The lowest BCUT2D eigenvalue weighted by atomic mass is 9.97. The van der Waals surface area contributed by atoms with Gasteiger partial charge < -0.3 is 9.88 Å². The van der Waals surface area contributed by atoms with Crippen molar-refractivity contribution in [1.29, 1.82) is 5.26 Å². The number of piperidine rings is 1. The Morgan fingerprint density at radius 1 is 1.30 bits per heavy atom. The van der Waals surface area contributed by atoms with E-state index >= 15 is 0 Å². The minimum Gasteiger partial charge on any atom is -0.317 e. The van der Waals surface area contributed by atoms with Gasteiger partial charge in [0.05, 0.1) is 0 Å². The average Bonchev–Trinajstić information content (AvgIpc) is 2.99. The maximum Gasteiger partial charge on any atom is 0.197 e. The van der Waals surface area contributed by atoms with Gasteiger partial charge in [-0.2, -0.15) is 5.26 Å². The Morgan fingerprint density at radius 3 is 2.78 bits per heavy atom. The molecule has 0 aliphatic carbocycles. The van der Waals surface area contributed by atoms with Crippen molar-refractivity contribution < 1.29 is 0 Å². The quantitative estimate of drug-likeness (QED) is 0.929. The van der Waals surface area contributed by atoms with Crippen molar-refractivity contribution in [3.05, 3.63) is 29.7 Å². The molecule has 1 aliphatic heterocycles. The molecule has 2 aromatic rings. The highest BCUT2D eigenvalue weighted by molar-refractivity contribution is 7.99. The van der Waals surface area contributed by atoms with E-state index in [1.165, 1.54) is 11.8 Å². The van der Waals surface area contributed by atoms with E-state index in [1.54, 1.807) is 6.07 Å². The second-order valence-corrected chi connectivity index (χ2v) is 6.89. The van der Waals surface area contributed by atoms with Crippen molar-refractivity contribution in [3.8, 4) is 6.07 Å². The molecule has 1 N–H and O–H groups in total. The highest BCUT2D eigenvalue weighted by atomic mass is 32.2. The van der Waals surface area contributed by atoms with Crippen molar-refractivity contribution >= 4 is 11.8 Å². The molecular weight excluding hydrogens is 308 g/mol. The normalized spacial score (nSPS) is 15.7. The van der Waals surface area contributed by atoms with Crippen LogP contribution in [0.4, 0.5) is 0 Å². The number of rotatable bonds is 4. The molecule has 0 unspecified atom stereocenters. The fourth-order valence-corrected chi connectivity index (χ4v) is 3.79. The molecule has 6 nitrogen and oxygen atoms in total. The molecule has 7 heteroatoms. The van der Waals surface area contributed by atoms with E-state index in [9.17, 15) is 0 Å². The van der Waals surface area contributed by atoms with Crippen LogP contribution in [0, 0.1) is 11.3 Å². The van der Waals surface area contributed by atoms with Gasteiger partial charge in [0, 0.05) is 12.0 Å². The van der Waals surface area contributed by atoms with Crippen LogP contribution in [0.15, 0.2) is 28.4 Å². The van der Waals surface area contributed by atoms with Gasteiger partial charge in [-0.3, -0.25) is 0 Å². The summed E-state index contributed by atoms with van der Waals surface area (Å²) < 4.78 is 2.21. The van der Waals surface area contributed by atoms with Crippen LogP contribution in [-0.4, -0.2) is 32.8 Å². The smallest absolute Gasteiger partial charge is 0.197 e. The van der Waals surface area contributed by atoms with Crippen LogP contribution in [0.2, 0.25) is 0 Å². The van der Waals surface area contributed by atoms with Crippen LogP contribution in [0.3, 0.4) is 0 Å². The Hall–Kier alpha value is -1.91. The first-order chi connectivity index (χ1) is 11.2. The zero-order valence-electron chi connectivity index (χ0n) is 13.4. The average molecular weight is 328 g/mol. The lowest BCUT2D eigenvalue weighted by molar-refractivity contribution is 0.412. The number of pyridine rings is 1. The monoisotopic (exact) mass is 328 g/mol. The molecule has 3 rings (SSSR count). The van der Waals surface area contributed by atoms with Gasteiger partial charge in [0.1, 0.15) is 22.6 Å². The van der Waals surface area contributed by atoms with Gasteiger partial charge in [0.2, 0.25) is 0 Å². The maximum absolute atomic E-state index is 8.98. The number of hydrogen-bond acceptors (Lipinski definition) is 6. The Labute approximate surface area is 140 Å². The molecule has 1 saturated heterocycles. The molecule has 1 aliphatic rings. The summed E-state index contributed by atoms with van der Waals surface area (Å²) in [6.07, 6.45) is 2.19. The van der Waals surface area contributed by atoms with Crippen LogP contribution < -0.4 is 5.32 Å². The van der Waals surface area contributed by atoms with E-state index < -0.39 is 0 Å². The van der Waals surface area contributed by atoms with Crippen LogP contribution >= 0.6 is 11.8 Å². The van der Waals surface area contributed by atoms with Gasteiger partial charge in [-0.15, -0.1) is 10.2 Å². The number of nitriles is 1. The second kappa shape index (κ2) is 7.11. The van der Waals surface area contributed by atoms with Gasteiger partial charge >= 0.3 is 0 Å². The molecule has 3 heterocycles. The molecule has 2 aromatic heterocycles. The Morgan fingerprint density at radius 2 is 2.09 bits per heavy atom. The standard InChI is InChI=1S/C16H20N6S/c1-11(2)22-15(12-6-8-18-9-7-12)20-21-16(22)23-14-5-3-4-13(10-17)19-14/h3-5,11-12,18H,6-9H2,1-2H3. The molecular formula is C16H20N6S. The fourth-order valence-electron chi connectivity index (χ4n) is 2.83. The largest absolute Gasteiger partial charge is 0.317 e. The van der Waals surface area contributed by atoms with Crippen molar-refractivity contribution in [2.24, 2.45) is 0 Å². The predicted octanol–water partition coefficient (Wildman–Crippen LogP) is 2.74. The zero-order valence-corrected chi connectivity index (χ0v) is 14.2. The highest BCUT2D eigenvalue weighted by Gasteiger charge is 2.25. The van der Waals surface area contributed by atoms with E-state index in [-0.39, 0.29) is 6.04 Å². The number of hydrogen-bond donors (Lipinski definition) is 1. The number of aromatic nitrogens is 4. The molecule has 0 aromatic carbocycles. The molecule has 0 spiro atoms. The summed E-state index contributed by atoms with van der Waals surface area (Å²) in [4.78, 5) is 4.32. The molecule has 0 atom stereocenters. The molecule has 120 valence electrons. The Kier molecular flexibility index (Phi) is 4.94. The maximum atomic E-state index is 8.98. The van der Waals surface area contributed by atoms with Crippen molar-refractivity contribution in [3.63, 3.8) is 0 Å². The topological polar surface area (TPSA) is 79.4 Å². The van der Waals surface area contributed by atoms with Crippen LogP contribution in [0.1, 0.15) is 50.2 Å². The molecule has 0 bridgehead atoms. The van der Waals surface area contributed by atoms with Gasteiger partial charge in [0.15, 0.2) is 5.16 Å². The molecule has 1 fully saturated rings. The lowest BCUT2D eigenvalue weighted by Crippen LogP contribution is -2.28.